The molecule has 2 rings (SSSR count). The second-order valence-corrected chi connectivity index (χ2v) is 4.44. The van der Waals surface area contributed by atoms with Crippen LogP contribution in [0.1, 0.15) is 20.8 Å². The molecule has 0 unspecified atom stereocenters. The van der Waals surface area contributed by atoms with Crippen LogP contribution in [0.15, 0.2) is 24.3 Å². The molecule has 0 radical (unpaired) electrons. The molecule has 0 bridgehead atoms. The Labute approximate surface area is 123 Å². The molecule has 0 atom stereocenters. The standard InChI is InChI=1S/C14H18N4O3/c1-4-19-10-6-5-7-11(8-10)21-14-17-12(15)16-13(18-14)20-9(2)3/h5-9H,4H2,1-3H3,(H2,15,16,17,18). The van der Waals surface area contributed by atoms with Gasteiger partial charge in [0.2, 0.25) is 5.95 Å². The lowest BCUT2D eigenvalue weighted by Crippen LogP contribution is -2.11. The smallest absolute Gasteiger partial charge is 0.330 e. The Morgan fingerprint density at radius 2 is 1.81 bits per heavy atom. The number of nitrogen functional groups attached to an aromatic ring is 1. The molecule has 1 heterocycles. The molecule has 7 nitrogen and oxygen atoms in total. The van der Waals surface area contributed by atoms with E-state index in [0.717, 1.165) is 0 Å². The van der Waals surface area contributed by atoms with Crippen molar-refractivity contribution >= 4 is 5.95 Å². The molecular formula is C14H18N4O3. The van der Waals surface area contributed by atoms with Gasteiger partial charge in [-0.05, 0) is 32.9 Å². The molecule has 0 aliphatic rings. The topological polar surface area (TPSA) is 92.4 Å². The first-order valence-corrected chi connectivity index (χ1v) is 6.65. The Hall–Kier alpha value is -2.57. The van der Waals surface area contributed by atoms with Gasteiger partial charge >= 0.3 is 12.0 Å². The fourth-order valence-electron chi connectivity index (χ4n) is 1.56. The second-order valence-electron chi connectivity index (χ2n) is 4.44. The third-order valence-electron chi connectivity index (χ3n) is 2.28. The highest BCUT2D eigenvalue weighted by molar-refractivity contribution is 5.35. The predicted octanol–water partition coefficient (Wildman–Crippen LogP) is 2.43. The van der Waals surface area contributed by atoms with Gasteiger partial charge in [0.15, 0.2) is 0 Å². The number of anilines is 1. The van der Waals surface area contributed by atoms with Gasteiger partial charge in [-0.25, -0.2) is 0 Å². The number of ether oxygens (including phenoxy) is 3. The number of benzene rings is 1. The quantitative estimate of drug-likeness (QED) is 0.873. The van der Waals surface area contributed by atoms with Crippen molar-refractivity contribution in [3.05, 3.63) is 24.3 Å². The molecule has 0 amide bonds. The minimum Gasteiger partial charge on any atom is -0.494 e. The highest BCUT2D eigenvalue weighted by atomic mass is 16.5. The average molecular weight is 290 g/mol. The number of aromatic nitrogens is 3. The van der Waals surface area contributed by atoms with Gasteiger partial charge in [0.1, 0.15) is 11.5 Å². The van der Waals surface area contributed by atoms with Gasteiger partial charge in [-0.1, -0.05) is 6.07 Å². The normalized spacial score (nSPS) is 10.5. The molecule has 0 aliphatic carbocycles. The van der Waals surface area contributed by atoms with Crippen molar-refractivity contribution in [1.82, 2.24) is 15.0 Å². The van der Waals surface area contributed by atoms with E-state index in [2.05, 4.69) is 15.0 Å². The molecule has 0 aliphatic heterocycles. The molecule has 2 aromatic rings. The molecule has 112 valence electrons. The first kappa shape index (κ1) is 14.8. The Bertz CT molecular complexity index is 605. The molecule has 2 N–H and O–H groups in total. The summed E-state index contributed by atoms with van der Waals surface area (Å²) in [6.07, 6.45) is -0.0686. The van der Waals surface area contributed by atoms with E-state index in [9.17, 15) is 0 Å². The maximum absolute atomic E-state index is 5.62. The zero-order chi connectivity index (χ0) is 15.2. The van der Waals surface area contributed by atoms with Crippen LogP contribution in [-0.4, -0.2) is 27.7 Å². The number of hydrogen-bond acceptors (Lipinski definition) is 7. The molecule has 0 saturated heterocycles. The molecular weight excluding hydrogens is 272 g/mol. The molecule has 1 aromatic heterocycles. The highest BCUT2D eigenvalue weighted by Crippen LogP contribution is 2.24. The lowest BCUT2D eigenvalue weighted by molar-refractivity contribution is 0.219. The highest BCUT2D eigenvalue weighted by Gasteiger charge is 2.09. The average Bonchev–Trinajstić information content (AvgIpc) is 2.37. The van der Waals surface area contributed by atoms with Crippen LogP contribution in [0, 0.1) is 0 Å². The van der Waals surface area contributed by atoms with E-state index >= 15 is 0 Å². The van der Waals surface area contributed by atoms with Crippen molar-refractivity contribution in [3.63, 3.8) is 0 Å². The predicted molar refractivity (Wildman–Crippen MR) is 77.7 cm³/mol. The third-order valence-corrected chi connectivity index (χ3v) is 2.28. The van der Waals surface area contributed by atoms with Crippen molar-refractivity contribution in [1.29, 1.82) is 0 Å². The fraction of sp³-hybridized carbons (Fsp3) is 0.357. The molecule has 7 heteroatoms. The van der Waals surface area contributed by atoms with Crippen molar-refractivity contribution in [3.8, 4) is 23.5 Å². The SMILES string of the molecule is CCOc1cccc(Oc2nc(N)nc(OC(C)C)n2)c1. The van der Waals surface area contributed by atoms with Crippen LogP contribution in [-0.2, 0) is 0 Å². The Balaban J connectivity index is 2.18. The van der Waals surface area contributed by atoms with E-state index < -0.39 is 0 Å². The Kier molecular flexibility index (Phi) is 4.76. The fourth-order valence-corrected chi connectivity index (χ4v) is 1.56. The summed E-state index contributed by atoms with van der Waals surface area (Å²) in [7, 11) is 0. The molecule has 0 saturated carbocycles. The number of rotatable bonds is 6. The van der Waals surface area contributed by atoms with Crippen molar-refractivity contribution in [2.75, 3.05) is 12.3 Å². The lowest BCUT2D eigenvalue weighted by atomic mass is 10.3. The zero-order valence-electron chi connectivity index (χ0n) is 12.2. The van der Waals surface area contributed by atoms with Gasteiger partial charge in [0.05, 0.1) is 12.7 Å². The second kappa shape index (κ2) is 6.74. The molecule has 0 spiro atoms. The van der Waals surface area contributed by atoms with Crippen LogP contribution in [0.4, 0.5) is 5.95 Å². The van der Waals surface area contributed by atoms with E-state index in [1.165, 1.54) is 0 Å². The summed E-state index contributed by atoms with van der Waals surface area (Å²) in [5.41, 5.74) is 5.62. The van der Waals surface area contributed by atoms with Gasteiger partial charge in [-0.3, -0.25) is 0 Å². The summed E-state index contributed by atoms with van der Waals surface area (Å²) in [6, 6.07) is 7.38. The Morgan fingerprint density at radius 1 is 1.10 bits per heavy atom. The monoisotopic (exact) mass is 290 g/mol. The van der Waals surface area contributed by atoms with Crippen LogP contribution < -0.4 is 19.9 Å². The first-order chi connectivity index (χ1) is 10.1. The summed E-state index contributed by atoms with van der Waals surface area (Å²) >= 11 is 0. The van der Waals surface area contributed by atoms with Crippen molar-refractivity contribution in [2.45, 2.75) is 26.9 Å². The summed E-state index contributed by atoms with van der Waals surface area (Å²) in [5, 5.41) is 0. The van der Waals surface area contributed by atoms with E-state index in [1.807, 2.05) is 32.9 Å². The maximum atomic E-state index is 5.62. The molecule has 21 heavy (non-hydrogen) atoms. The van der Waals surface area contributed by atoms with Gasteiger partial charge in [-0.15, -0.1) is 4.98 Å². The van der Waals surface area contributed by atoms with Crippen LogP contribution in [0.5, 0.6) is 23.5 Å². The van der Waals surface area contributed by atoms with Crippen LogP contribution in [0.2, 0.25) is 0 Å². The number of nitrogens with zero attached hydrogens (tertiary/aromatic N) is 3. The number of hydrogen-bond donors (Lipinski definition) is 1. The summed E-state index contributed by atoms with van der Waals surface area (Å²) in [5.74, 6) is 1.29. The number of nitrogens with two attached hydrogens (primary N) is 1. The third kappa shape index (κ3) is 4.48. The van der Waals surface area contributed by atoms with E-state index in [0.29, 0.717) is 18.1 Å². The van der Waals surface area contributed by atoms with Crippen LogP contribution >= 0.6 is 0 Å². The molecule has 1 aromatic carbocycles. The van der Waals surface area contributed by atoms with E-state index in [-0.39, 0.29) is 24.1 Å². The zero-order valence-corrected chi connectivity index (χ0v) is 12.2. The Morgan fingerprint density at radius 3 is 2.52 bits per heavy atom. The minimum absolute atomic E-state index is 0.0385. The maximum Gasteiger partial charge on any atom is 0.330 e. The summed E-state index contributed by atoms with van der Waals surface area (Å²) in [6.45, 7) is 6.22. The summed E-state index contributed by atoms with van der Waals surface area (Å²) < 4.78 is 16.4. The first-order valence-electron chi connectivity index (χ1n) is 6.65. The van der Waals surface area contributed by atoms with E-state index in [4.69, 9.17) is 19.9 Å². The molecule has 0 fully saturated rings. The van der Waals surface area contributed by atoms with Gasteiger partial charge in [0.25, 0.3) is 0 Å². The van der Waals surface area contributed by atoms with Gasteiger partial charge in [-0.2, -0.15) is 9.97 Å². The van der Waals surface area contributed by atoms with Crippen LogP contribution in [0.3, 0.4) is 0 Å². The van der Waals surface area contributed by atoms with Gasteiger partial charge in [0, 0.05) is 6.07 Å². The van der Waals surface area contributed by atoms with Crippen molar-refractivity contribution < 1.29 is 14.2 Å². The van der Waals surface area contributed by atoms with Crippen LogP contribution in [0.25, 0.3) is 0 Å². The minimum atomic E-state index is -0.0686. The van der Waals surface area contributed by atoms with E-state index in [1.54, 1.807) is 12.1 Å². The largest absolute Gasteiger partial charge is 0.494 e. The lowest BCUT2D eigenvalue weighted by Gasteiger charge is -2.10. The van der Waals surface area contributed by atoms with Gasteiger partial charge < -0.3 is 19.9 Å². The summed E-state index contributed by atoms with van der Waals surface area (Å²) in [4.78, 5) is 11.9. The van der Waals surface area contributed by atoms with Crippen molar-refractivity contribution in [2.24, 2.45) is 0 Å².